The topological polar surface area (TPSA) is 83.8 Å². The number of hydrogen-bond donors (Lipinski definition) is 2. The Morgan fingerprint density at radius 3 is 2.50 bits per heavy atom. The van der Waals surface area contributed by atoms with Crippen molar-refractivity contribution in [2.45, 2.75) is 26.4 Å². The minimum atomic E-state index is -1.73. The molecule has 1 atom stereocenters. The number of carbonyl (C=O) groups is 2. The molecule has 1 aromatic rings. The lowest BCUT2D eigenvalue weighted by atomic mass is 9.97. The predicted octanol–water partition coefficient (Wildman–Crippen LogP) is 1.80. The lowest BCUT2D eigenvalue weighted by Gasteiger charge is -2.13. The Labute approximate surface area is 105 Å². The average Bonchev–Trinajstić information content (AvgIpc) is 2.37. The Morgan fingerprint density at radius 1 is 1.33 bits per heavy atom. The molecule has 1 unspecified atom stereocenters. The number of hydrogen-bond acceptors (Lipinski definition) is 4. The molecule has 5 heteroatoms. The molecule has 0 aliphatic carbocycles. The summed E-state index contributed by atoms with van der Waals surface area (Å²) in [7, 11) is 0. The first-order valence-electron chi connectivity index (χ1n) is 5.72. The van der Waals surface area contributed by atoms with Gasteiger partial charge in [0.2, 0.25) is 0 Å². The van der Waals surface area contributed by atoms with E-state index >= 15 is 0 Å². The normalized spacial score (nSPS) is 11.9. The third-order valence-electron chi connectivity index (χ3n) is 2.48. The quantitative estimate of drug-likeness (QED) is 0.754. The van der Waals surface area contributed by atoms with Gasteiger partial charge < -0.3 is 14.9 Å². The maximum absolute atomic E-state index is 11.7. The molecule has 0 aliphatic heterocycles. The van der Waals surface area contributed by atoms with Gasteiger partial charge in [0.05, 0.1) is 6.61 Å². The van der Waals surface area contributed by atoms with E-state index in [0.29, 0.717) is 12.4 Å². The zero-order chi connectivity index (χ0) is 13.7. The van der Waals surface area contributed by atoms with Crippen LogP contribution in [0.1, 0.15) is 42.3 Å². The number of benzene rings is 1. The van der Waals surface area contributed by atoms with E-state index < -0.39 is 12.1 Å². The molecule has 0 aliphatic rings. The van der Waals surface area contributed by atoms with Crippen molar-refractivity contribution >= 4 is 11.8 Å². The molecule has 0 heterocycles. The molecular formula is C13H16O5. The summed E-state index contributed by atoms with van der Waals surface area (Å²) in [5, 5.41) is 18.4. The van der Waals surface area contributed by atoms with Crippen LogP contribution in [0.4, 0.5) is 0 Å². The van der Waals surface area contributed by atoms with E-state index in [0.717, 1.165) is 0 Å². The summed E-state index contributed by atoms with van der Waals surface area (Å²) < 4.78 is 5.23. The molecule has 0 fully saturated rings. The lowest BCUT2D eigenvalue weighted by molar-refractivity contribution is -0.146. The first kappa shape index (κ1) is 14.2. The van der Waals surface area contributed by atoms with Gasteiger partial charge in [0.15, 0.2) is 11.9 Å². The van der Waals surface area contributed by atoms with Crippen LogP contribution in [0.2, 0.25) is 0 Å². The molecule has 5 nitrogen and oxygen atoms in total. The highest BCUT2D eigenvalue weighted by Crippen LogP contribution is 2.25. The molecule has 0 amide bonds. The summed E-state index contributed by atoms with van der Waals surface area (Å²) >= 11 is 0. The third-order valence-corrected chi connectivity index (χ3v) is 2.48. The number of aliphatic hydroxyl groups is 1. The summed E-state index contributed by atoms with van der Waals surface area (Å²) in [5.74, 6) is -1.18. The molecule has 0 bridgehead atoms. The van der Waals surface area contributed by atoms with Gasteiger partial charge in [-0.2, -0.15) is 0 Å². The van der Waals surface area contributed by atoms with Crippen molar-refractivity contribution in [2.75, 3.05) is 6.61 Å². The number of carboxylic acids is 1. The van der Waals surface area contributed by atoms with Gasteiger partial charge in [-0.05, 0) is 25.1 Å². The van der Waals surface area contributed by atoms with Crippen LogP contribution in [0.25, 0.3) is 0 Å². The standard InChI is InChI=1S/C13H16O5/c1-3-11(14)9-6-5-8(18-4-2)7-10(9)12(15)13(16)17/h5-7,12,15H,3-4H2,1-2H3,(H,16,17). The Hall–Kier alpha value is -1.88. The summed E-state index contributed by atoms with van der Waals surface area (Å²) in [6.45, 7) is 3.89. The molecule has 0 saturated heterocycles. The number of aliphatic carboxylic acids is 1. The fourth-order valence-electron chi connectivity index (χ4n) is 1.60. The summed E-state index contributed by atoms with van der Waals surface area (Å²) in [6.07, 6.45) is -1.48. The second-order valence-electron chi connectivity index (χ2n) is 3.70. The van der Waals surface area contributed by atoms with Crippen LogP contribution >= 0.6 is 0 Å². The number of rotatable bonds is 6. The first-order valence-corrected chi connectivity index (χ1v) is 5.72. The van der Waals surface area contributed by atoms with Crippen LogP contribution < -0.4 is 4.74 Å². The maximum Gasteiger partial charge on any atom is 0.337 e. The van der Waals surface area contributed by atoms with E-state index in [9.17, 15) is 14.7 Å². The molecule has 0 radical (unpaired) electrons. The Balaban J connectivity index is 3.25. The highest BCUT2D eigenvalue weighted by Gasteiger charge is 2.22. The van der Waals surface area contributed by atoms with Gasteiger partial charge in [0.25, 0.3) is 0 Å². The van der Waals surface area contributed by atoms with Crippen molar-refractivity contribution in [2.24, 2.45) is 0 Å². The first-order chi connectivity index (χ1) is 8.51. The monoisotopic (exact) mass is 252 g/mol. The van der Waals surface area contributed by atoms with E-state index in [-0.39, 0.29) is 23.3 Å². The number of aliphatic hydroxyl groups excluding tert-OH is 1. The molecule has 1 rings (SSSR count). The van der Waals surface area contributed by atoms with E-state index in [2.05, 4.69) is 0 Å². The highest BCUT2D eigenvalue weighted by molar-refractivity contribution is 5.98. The SMILES string of the molecule is CCOc1ccc(C(=O)CC)c(C(O)C(=O)O)c1. The van der Waals surface area contributed by atoms with E-state index in [1.807, 2.05) is 0 Å². The van der Waals surface area contributed by atoms with E-state index in [1.54, 1.807) is 19.9 Å². The Kier molecular flexibility index (Phi) is 4.85. The minimum absolute atomic E-state index is 0.0697. The lowest BCUT2D eigenvalue weighted by Crippen LogP contribution is -2.15. The van der Waals surface area contributed by atoms with Crippen molar-refractivity contribution in [3.05, 3.63) is 29.3 Å². The van der Waals surface area contributed by atoms with Gasteiger partial charge in [0, 0.05) is 17.5 Å². The van der Waals surface area contributed by atoms with Gasteiger partial charge in [-0.15, -0.1) is 0 Å². The fraction of sp³-hybridized carbons (Fsp3) is 0.385. The minimum Gasteiger partial charge on any atom is -0.494 e. The van der Waals surface area contributed by atoms with Gasteiger partial charge in [0.1, 0.15) is 5.75 Å². The highest BCUT2D eigenvalue weighted by atomic mass is 16.5. The Morgan fingerprint density at radius 2 is 2.00 bits per heavy atom. The predicted molar refractivity (Wildman–Crippen MR) is 64.8 cm³/mol. The van der Waals surface area contributed by atoms with E-state index in [4.69, 9.17) is 9.84 Å². The smallest absolute Gasteiger partial charge is 0.337 e. The van der Waals surface area contributed by atoms with Gasteiger partial charge in [-0.25, -0.2) is 4.79 Å². The number of carbonyl (C=O) groups excluding carboxylic acids is 1. The van der Waals surface area contributed by atoms with Crippen LogP contribution in [0.3, 0.4) is 0 Å². The van der Waals surface area contributed by atoms with Crippen LogP contribution in [0, 0.1) is 0 Å². The molecule has 2 N–H and O–H groups in total. The molecule has 0 spiro atoms. The molecule has 98 valence electrons. The number of Topliss-reactive ketones (excluding diaryl/α,β-unsaturated/α-hetero) is 1. The van der Waals surface area contributed by atoms with Crippen LogP contribution in [-0.4, -0.2) is 28.6 Å². The third kappa shape index (κ3) is 3.07. The second kappa shape index (κ2) is 6.16. The number of ketones is 1. The van der Waals surface area contributed by atoms with Gasteiger partial charge >= 0.3 is 5.97 Å². The molecule has 0 aromatic heterocycles. The summed E-state index contributed by atoms with van der Waals surface area (Å²) in [4.78, 5) is 22.5. The molecule has 18 heavy (non-hydrogen) atoms. The van der Waals surface area contributed by atoms with Crippen LogP contribution in [-0.2, 0) is 4.79 Å². The van der Waals surface area contributed by atoms with Crippen molar-refractivity contribution in [3.63, 3.8) is 0 Å². The van der Waals surface area contributed by atoms with Crippen molar-refractivity contribution in [3.8, 4) is 5.75 Å². The maximum atomic E-state index is 11.7. The Bertz CT molecular complexity index is 453. The van der Waals surface area contributed by atoms with Crippen molar-refractivity contribution in [1.29, 1.82) is 0 Å². The molecule has 1 aromatic carbocycles. The van der Waals surface area contributed by atoms with Crippen LogP contribution in [0.5, 0.6) is 5.75 Å². The van der Waals surface area contributed by atoms with Crippen molar-refractivity contribution < 1.29 is 24.5 Å². The van der Waals surface area contributed by atoms with E-state index in [1.165, 1.54) is 12.1 Å². The van der Waals surface area contributed by atoms with Gasteiger partial charge in [-0.1, -0.05) is 6.92 Å². The second-order valence-corrected chi connectivity index (χ2v) is 3.70. The fourth-order valence-corrected chi connectivity index (χ4v) is 1.60. The molecular weight excluding hydrogens is 236 g/mol. The molecule has 0 saturated carbocycles. The van der Waals surface area contributed by atoms with Gasteiger partial charge in [-0.3, -0.25) is 4.79 Å². The van der Waals surface area contributed by atoms with Crippen molar-refractivity contribution in [1.82, 2.24) is 0 Å². The zero-order valence-electron chi connectivity index (χ0n) is 10.3. The number of ether oxygens (including phenoxy) is 1. The summed E-state index contributed by atoms with van der Waals surface area (Å²) in [5.41, 5.74) is 0.288. The van der Waals surface area contributed by atoms with Crippen LogP contribution in [0.15, 0.2) is 18.2 Å². The largest absolute Gasteiger partial charge is 0.494 e. The zero-order valence-corrected chi connectivity index (χ0v) is 10.3. The number of carboxylic acid groups (broad SMARTS) is 1. The average molecular weight is 252 g/mol. The summed E-state index contributed by atoms with van der Waals surface area (Å²) in [6, 6.07) is 4.47.